The standard InChI is InChI=1S/C27H25F2N7O/c1-4-23(37)35-8-9-36-22(15-35)25(33-26(36)16-11-27(28,29)12-16)18-6-5-7-20-19(18)10-21(30-2)24(32-20)17-13-31-34(3)14-17/h5-7,10,13-14,16H,4,8-9,11-12,15H2,1,3H3. The molecule has 1 aliphatic heterocycles. The van der Waals surface area contributed by atoms with Crippen LogP contribution in [0.1, 0.15) is 43.6 Å². The summed E-state index contributed by atoms with van der Waals surface area (Å²) in [5.41, 5.74) is 4.67. The van der Waals surface area contributed by atoms with Gasteiger partial charge in [-0.05, 0) is 17.5 Å². The number of alkyl halides is 2. The number of fused-ring (bicyclic) bond motifs is 2. The molecule has 10 heteroatoms. The minimum Gasteiger partial charge on any atom is -0.335 e. The van der Waals surface area contributed by atoms with Gasteiger partial charge in [0.2, 0.25) is 17.5 Å². The van der Waals surface area contributed by atoms with Crippen molar-refractivity contribution in [2.75, 3.05) is 6.54 Å². The number of nitrogens with zero attached hydrogens (tertiary/aromatic N) is 7. The maximum Gasteiger partial charge on any atom is 0.249 e. The van der Waals surface area contributed by atoms with Crippen LogP contribution in [-0.4, -0.2) is 47.6 Å². The fourth-order valence-corrected chi connectivity index (χ4v) is 5.44. The van der Waals surface area contributed by atoms with E-state index in [-0.39, 0.29) is 24.7 Å². The van der Waals surface area contributed by atoms with Gasteiger partial charge >= 0.3 is 0 Å². The fraction of sp³-hybridized carbons (Fsp3) is 0.370. The van der Waals surface area contributed by atoms with Crippen LogP contribution in [0.15, 0.2) is 36.7 Å². The minimum absolute atomic E-state index is 0.0473. The van der Waals surface area contributed by atoms with E-state index in [1.54, 1.807) is 15.8 Å². The molecule has 0 bridgehead atoms. The van der Waals surface area contributed by atoms with E-state index in [2.05, 4.69) is 9.94 Å². The van der Waals surface area contributed by atoms with Crippen molar-refractivity contribution >= 4 is 22.5 Å². The number of hydrogen-bond acceptors (Lipinski definition) is 4. The molecular formula is C27H25F2N7O. The third-order valence-corrected chi connectivity index (χ3v) is 7.34. The van der Waals surface area contributed by atoms with Crippen molar-refractivity contribution in [3.63, 3.8) is 0 Å². The van der Waals surface area contributed by atoms with Gasteiger partial charge in [-0.1, -0.05) is 19.1 Å². The number of rotatable bonds is 4. The van der Waals surface area contributed by atoms with Crippen LogP contribution < -0.4 is 0 Å². The Labute approximate surface area is 212 Å². The lowest BCUT2D eigenvalue weighted by atomic mass is 9.80. The lowest BCUT2D eigenvalue weighted by Crippen LogP contribution is -2.40. The van der Waals surface area contributed by atoms with E-state index in [4.69, 9.17) is 16.5 Å². The van der Waals surface area contributed by atoms with Gasteiger partial charge in [0.15, 0.2) is 0 Å². The molecule has 3 aromatic heterocycles. The molecule has 4 heterocycles. The number of hydrogen-bond donors (Lipinski definition) is 0. The molecule has 188 valence electrons. The van der Waals surface area contributed by atoms with E-state index >= 15 is 0 Å². The normalized spacial score (nSPS) is 16.9. The molecule has 0 N–H and O–H groups in total. The number of benzene rings is 1. The van der Waals surface area contributed by atoms with Gasteiger partial charge < -0.3 is 9.47 Å². The SMILES string of the molecule is [C-]#[N+]c1cc2c(-c3nc(C4CC(F)(F)C4)n4c3CN(C(=O)CC)CC4)cccc2nc1-c1cnn(C)c1. The lowest BCUT2D eigenvalue weighted by molar-refractivity contribution is -0.132. The van der Waals surface area contributed by atoms with Gasteiger partial charge in [-0.15, -0.1) is 0 Å². The number of amides is 1. The number of pyridine rings is 1. The van der Waals surface area contributed by atoms with Gasteiger partial charge in [0.1, 0.15) is 5.82 Å². The Morgan fingerprint density at radius 1 is 1.22 bits per heavy atom. The van der Waals surface area contributed by atoms with Crippen LogP contribution in [0.5, 0.6) is 0 Å². The maximum atomic E-state index is 13.8. The summed E-state index contributed by atoms with van der Waals surface area (Å²) in [6.07, 6.45) is 3.47. The fourth-order valence-electron chi connectivity index (χ4n) is 5.44. The highest BCUT2D eigenvalue weighted by Crippen LogP contribution is 2.49. The summed E-state index contributed by atoms with van der Waals surface area (Å²) in [5, 5.41) is 4.96. The topological polar surface area (TPSA) is 73.2 Å². The molecule has 0 spiro atoms. The van der Waals surface area contributed by atoms with Gasteiger partial charge in [0, 0.05) is 62.6 Å². The van der Waals surface area contributed by atoms with E-state index in [0.29, 0.717) is 54.5 Å². The zero-order valence-electron chi connectivity index (χ0n) is 20.6. The Hall–Kier alpha value is -4.13. The van der Waals surface area contributed by atoms with Crippen molar-refractivity contribution in [2.45, 2.75) is 51.1 Å². The molecule has 0 saturated heterocycles. The average molecular weight is 502 g/mol. The third-order valence-electron chi connectivity index (χ3n) is 7.34. The van der Waals surface area contributed by atoms with Gasteiger partial charge in [-0.3, -0.25) is 14.5 Å². The molecular weight excluding hydrogens is 476 g/mol. The van der Waals surface area contributed by atoms with Gasteiger partial charge in [0.05, 0.1) is 41.9 Å². The Morgan fingerprint density at radius 2 is 2.03 bits per heavy atom. The molecule has 37 heavy (non-hydrogen) atoms. The van der Waals surface area contributed by atoms with Crippen LogP contribution in [0.2, 0.25) is 0 Å². The number of carbonyl (C=O) groups is 1. The Morgan fingerprint density at radius 3 is 2.70 bits per heavy atom. The first-order chi connectivity index (χ1) is 17.8. The molecule has 0 radical (unpaired) electrons. The second-order valence-corrected chi connectivity index (χ2v) is 9.79. The number of aryl methyl sites for hydroxylation is 1. The summed E-state index contributed by atoms with van der Waals surface area (Å²) in [4.78, 5) is 27.8. The van der Waals surface area contributed by atoms with Crippen molar-refractivity contribution in [1.82, 2.24) is 29.2 Å². The monoisotopic (exact) mass is 501 g/mol. The summed E-state index contributed by atoms with van der Waals surface area (Å²) >= 11 is 0. The van der Waals surface area contributed by atoms with Crippen molar-refractivity contribution in [3.8, 4) is 22.5 Å². The molecule has 0 atom stereocenters. The van der Waals surface area contributed by atoms with Gasteiger partial charge in [0.25, 0.3) is 0 Å². The van der Waals surface area contributed by atoms with E-state index in [1.807, 2.05) is 49.0 Å². The van der Waals surface area contributed by atoms with Crippen LogP contribution in [0.3, 0.4) is 0 Å². The average Bonchev–Trinajstić information content (AvgIpc) is 3.48. The van der Waals surface area contributed by atoms with Gasteiger partial charge in [-0.2, -0.15) is 5.10 Å². The quantitative estimate of drug-likeness (QED) is 0.355. The van der Waals surface area contributed by atoms with Crippen LogP contribution in [0.25, 0.3) is 38.3 Å². The number of carbonyl (C=O) groups excluding carboxylic acids is 1. The maximum absolute atomic E-state index is 13.8. The highest BCUT2D eigenvalue weighted by Gasteiger charge is 2.48. The highest BCUT2D eigenvalue weighted by atomic mass is 19.3. The Bertz CT molecular complexity index is 1590. The summed E-state index contributed by atoms with van der Waals surface area (Å²) in [6.45, 7) is 11.0. The molecule has 6 rings (SSSR count). The summed E-state index contributed by atoms with van der Waals surface area (Å²) in [6, 6.07) is 7.50. The third kappa shape index (κ3) is 3.86. The molecule has 2 aliphatic rings. The summed E-state index contributed by atoms with van der Waals surface area (Å²) in [5.74, 6) is -2.28. The lowest BCUT2D eigenvalue weighted by Gasteiger charge is -2.36. The van der Waals surface area contributed by atoms with Crippen molar-refractivity contribution in [1.29, 1.82) is 0 Å². The van der Waals surface area contributed by atoms with Crippen LogP contribution in [-0.2, 0) is 24.9 Å². The van der Waals surface area contributed by atoms with E-state index in [1.165, 1.54) is 0 Å². The van der Waals surface area contributed by atoms with Crippen molar-refractivity contribution in [3.05, 3.63) is 59.6 Å². The van der Waals surface area contributed by atoms with E-state index < -0.39 is 5.92 Å². The second-order valence-electron chi connectivity index (χ2n) is 9.79. The number of halogens is 2. The summed E-state index contributed by atoms with van der Waals surface area (Å²) in [7, 11) is 1.81. The predicted molar refractivity (Wildman–Crippen MR) is 134 cm³/mol. The van der Waals surface area contributed by atoms with Gasteiger partial charge in [-0.25, -0.2) is 18.6 Å². The minimum atomic E-state index is -2.66. The van der Waals surface area contributed by atoms with E-state index in [0.717, 1.165) is 22.2 Å². The van der Waals surface area contributed by atoms with Crippen LogP contribution in [0, 0.1) is 6.57 Å². The summed E-state index contributed by atoms with van der Waals surface area (Å²) < 4.78 is 31.3. The van der Waals surface area contributed by atoms with Crippen LogP contribution in [0.4, 0.5) is 14.5 Å². The Balaban J connectivity index is 1.52. The number of aromatic nitrogens is 5. The van der Waals surface area contributed by atoms with Crippen LogP contribution >= 0.6 is 0 Å². The first-order valence-corrected chi connectivity index (χ1v) is 12.3. The molecule has 1 amide bonds. The molecule has 4 aromatic rings. The zero-order valence-corrected chi connectivity index (χ0v) is 20.6. The molecule has 8 nitrogen and oxygen atoms in total. The first kappa shape index (κ1) is 23.3. The number of imidazole rings is 1. The molecule has 1 aliphatic carbocycles. The molecule has 1 fully saturated rings. The second kappa shape index (κ2) is 8.47. The van der Waals surface area contributed by atoms with Crippen molar-refractivity contribution in [2.24, 2.45) is 7.05 Å². The largest absolute Gasteiger partial charge is 0.335 e. The first-order valence-electron chi connectivity index (χ1n) is 12.3. The van der Waals surface area contributed by atoms with Crippen molar-refractivity contribution < 1.29 is 13.6 Å². The smallest absolute Gasteiger partial charge is 0.249 e. The highest BCUT2D eigenvalue weighted by molar-refractivity contribution is 5.99. The van der Waals surface area contributed by atoms with E-state index in [9.17, 15) is 13.6 Å². The Kier molecular flexibility index (Phi) is 5.33. The molecule has 1 aromatic carbocycles. The molecule has 0 unspecified atom stereocenters. The zero-order chi connectivity index (χ0) is 25.9. The molecule has 1 saturated carbocycles. The predicted octanol–water partition coefficient (Wildman–Crippen LogP) is 5.31.